The van der Waals surface area contributed by atoms with Gasteiger partial charge in [-0.2, -0.15) is 4.98 Å². The van der Waals surface area contributed by atoms with Crippen molar-refractivity contribution in [3.63, 3.8) is 0 Å². The summed E-state index contributed by atoms with van der Waals surface area (Å²) in [6.45, 7) is 7.70. The minimum absolute atomic E-state index is 0.281. The lowest BCUT2D eigenvalue weighted by atomic mass is 10.1. The third-order valence-electron chi connectivity index (χ3n) is 5.41. The van der Waals surface area contributed by atoms with Crippen LogP contribution in [0.3, 0.4) is 0 Å². The highest BCUT2D eigenvalue weighted by Gasteiger charge is 2.22. The lowest BCUT2D eigenvalue weighted by molar-refractivity contribution is 0.0588. The zero-order chi connectivity index (χ0) is 18.5. The van der Waals surface area contributed by atoms with Gasteiger partial charge in [-0.05, 0) is 32.0 Å². The molecule has 0 atom stereocenters. The largest absolute Gasteiger partial charge is 0.423 e. The Morgan fingerprint density at radius 2 is 1.85 bits per heavy atom. The number of anilines is 1. The van der Waals surface area contributed by atoms with E-state index in [0.29, 0.717) is 6.61 Å². The van der Waals surface area contributed by atoms with Gasteiger partial charge in [0, 0.05) is 39.3 Å². The molecule has 0 N–H and O–H groups in total. The highest BCUT2D eigenvalue weighted by molar-refractivity contribution is 5.74. The molecule has 1 aromatic carbocycles. The maximum Gasteiger partial charge on any atom is 0.298 e. The molecule has 2 saturated heterocycles. The highest BCUT2D eigenvalue weighted by Crippen LogP contribution is 2.25. The standard InChI is InChI=1S/C21H28N4O2/c1-23-13-15-24(16-14-23)10-4-5-17-26-18-8-11-25(12-9-18)21-22-19-6-2-3-7-20(19)27-21/h2-3,6-7,18H,8-17H2,1H3. The smallest absolute Gasteiger partial charge is 0.298 e. The Labute approximate surface area is 161 Å². The first kappa shape index (κ1) is 18.3. The number of benzene rings is 1. The lowest BCUT2D eigenvalue weighted by Crippen LogP contribution is -2.44. The molecule has 6 nitrogen and oxygen atoms in total. The molecular formula is C21H28N4O2. The number of piperazine rings is 1. The molecule has 2 aliphatic heterocycles. The summed E-state index contributed by atoms with van der Waals surface area (Å²) in [5.41, 5.74) is 1.77. The molecule has 0 amide bonds. The topological polar surface area (TPSA) is 45.0 Å². The fraction of sp³-hybridized carbons (Fsp3) is 0.571. The maximum atomic E-state index is 5.95. The Hall–Kier alpha value is -2.07. The van der Waals surface area contributed by atoms with Crippen LogP contribution < -0.4 is 4.90 Å². The molecule has 144 valence electrons. The van der Waals surface area contributed by atoms with Gasteiger partial charge in [0.1, 0.15) is 12.1 Å². The van der Waals surface area contributed by atoms with Crippen molar-refractivity contribution >= 4 is 17.1 Å². The monoisotopic (exact) mass is 368 g/mol. The molecule has 0 spiro atoms. The lowest BCUT2D eigenvalue weighted by Gasteiger charge is -2.31. The van der Waals surface area contributed by atoms with Gasteiger partial charge in [-0.15, -0.1) is 0 Å². The van der Waals surface area contributed by atoms with Gasteiger partial charge < -0.3 is 19.0 Å². The first-order valence-corrected chi connectivity index (χ1v) is 9.87. The van der Waals surface area contributed by atoms with Crippen LogP contribution in [0.15, 0.2) is 28.7 Å². The van der Waals surface area contributed by atoms with Crippen LogP contribution in [0.1, 0.15) is 12.8 Å². The van der Waals surface area contributed by atoms with Crippen LogP contribution >= 0.6 is 0 Å². The van der Waals surface area contributed by atoms with Gasteiger partial charge in [-0.25, -0.2) is 0 Å². The summed E-state index contributed by atoms with van der Waals surface area (Å²) in [7, 11) is 2.17. The van der Waals surface area contributed by atoms with Crippen LogP contribution in [0, 0.1) is 11.8 Å². The average Bonchev–Trinajstić information content (AvgIpc) is 3.14. The van der Waals surface area contributed by atoms with E-state index in [0.717, 1.165) is 75.8 Å². The second kappa shape index (κ2) is 8.75. The molecule has 27 heavy (non-hydrogen) atoms. The summed E-state index contributed by atoms with van der Waals surface area (Å²) < 4.78 is 11.8. The van der Waals surface area contributed by atoms with Gasteiger partial charge in [0.2, 0.25) is 0 Å². The molecule has 3 heterocycles. The predicted molar refractivity (Wildman–Crippen MR) is 107 cm³/mol. The summed E-state index contributed by atoms with van der Waals surface area (Å²) >= 11 is 0. The summed E-state index contributed by atoms with van der Waals surface area (Å²) in [6, 6.07) is 8.63. The van der Waals surface area contributed by atoms with E-state index in [-0.39, 0.29) is 6.10 Å². The van der Waals surface area contributed by atoms with E-state index in [1.165, 1.54) is 0 Å². The van der Waals surface area contributed by atoms with Crippen molar-refractivity contribution in [3.8, 4) is 11.8 Å². The molecule has 0 bridgehead atoms. The summed E-state index contributed by atoms with van der Waals surface area (Å²) in [5.74, 6) is 6.44. The maximum absolute atomic E-state index is 5.95. The molecule has 1 aromatic heterocycles. The number of para-hydroxylation sites is 2. The van der Waals surface area contributed by atoms with Crippen molar-refractivity contribution in [2.75, 3.05) is 64.4 Å². The number of fused-ring (bicyclic) bond motifs is 1. The molecular weight excluding hydrogens is 340 g/mol. The summed E-state index contributed by atoms with van der Waals surface area (Å²) in [6.07, 6.45) is 2.25. The zero-order valence-electron chi connectivity index (χ0n) is 16.1. The third-order valence-corrected chi connectivity index (χ3v) is 5.41. The van der Waals surface area contributed by atoms with E-state index in [4.69, 9.17) is 9.15 Å². The quantitative estimate of drug-likeness (QED) is 0.770. The molecule has 0 unspecified atom stereocenters. The van der Waals surface area contributed by atoms with Gasteiger partial charge >= 0.3 is 0 Å². The number of nitrogens with zero attached hydrogens (tertiary/aromatic N) is 4. The van der Waals surface area contributed by atoms with Gasteiger partial charge in [0.15, 0.2) is 5.58 Å². The van der Waals surface area contributed by atoms with Crippen LogP contribution in [0.2, 0.25) is 0 Å². The van der Waals surface area contributed by atoms with Gasteiger partial charge in [-0.1, -0.05) is 24.0 Å². The minimum Gasteiger partial charge on any atom is -0.423 e. The zero-order valence-corrected chi connectivity index (χ0v) is 16.1. The van der Waals surface area contributed by atoms with Gasteiger partial charge in [0.25, 0.3) is 6.01 Å². The molecule has 0 radical (unpaired) electrons. The Kier molecular flexibility index (Phi) is 5.93. The number of aromatic nitrogens is 1. The Morgan fingerprint density at radius 1 is 1.07 bits per heavy atom. The van der Waals surface area contributed by atoms with Crippen LogP contribution in [-0.4, -0.2) is 80.4 Å². The van der Waals surface area contributed by atoms with Crippen molar-refractivity contribution in [2.24, 2.45) is 0 Å². The Balaban J connectivity index is 1.17. The number of likely N-dealkylation sites (N-methyl/N-ethyl adjacent to an activating group) is 1. The molecule has 0 saturated carbocycles. The van der Waals surface area contributed by atoms with E-state index in [9.17, 15) is 0 Å². The fourth-order valence-electron chi connectivity index (χ4n) is 3.59. The molecule has 2 fully saturated rings. The Morgan fingerprint density at radius 3 is 2.63 bits per heavy atom. The second-order valence-corrected chi connectivity index (χ2v) is 7.39. The second-order valence-electron chi connectivity index (χ2n) is 7.39. The molecule has 0 aliphatic carbocycles. The first-order valence-electron chi connectivity index (χ1n) is 9.87. The van der Waals surface area contributed by atoms with Crippen LogP contribution in [-0.2, 0) is 4.74 Å². The van der Waals surface area contributed by atoms with Gasteiger partial charge in [0.05, 0.1) is 12.6 Å². The number of rotatable bonds is 4. The van der Waals surface area contributed by atoms with E-state index >= 15 is 0 Å². The van der Waals surface area contributed by atoms with E-state index in [1.54, 1.807) is 0 Å². The van der Waals surface area contributed by atoms with E-state index < -0.39 is 0 Å². The van der Waals surface area contributed by atoms with E-state index in [2.05, 4.69) is 38.6 Å². The number of oxazole rings is 1. The van der Waals surface area contributed by atoms with Crippen molar-refractivity contribution in [1.29, 1.82) is 0 Å². The number of hydrogen-bond donors (Lipinski definition) is 0. The van der Waals surface area contributed by atoms with Crippen LogP contribution in [0.5, 0.6) is 0 Å². The number of ether oxygens (including phenoxy) is 1. The molecule has 4 rings (SSSR count). The predicted octanol–water partition coefficient (Wildman–Crippen LogP) is 2.06. The number of hydrogen-bond acceptors (Lipinski definition) is 6. The number of piperidine rings is 1. The highest BCUT2D eigenvalue weighted by atomic mass is 16.5. The van der Waals surface area contributed by atoms with Crippen molar-refractivity contribution in [1.82, 2.24) is 14.8 Å². The fourth-order valence-corrected chi connectivity index (χ4v) is 3.59. The Bertz CT molecular complexity index is 760. The molecule has 2 aliphatic rings. The van der Waals surface area contributed by atoms with Crippen LogP contribution in [0.25, 0.3) is 11.1 Å². The van der Waals surface area contributed by atoms with Crippen molar-refractivity contribution in [3.05, 3.63) is 24.3 Å². The van der Waals surface area contributed by atoms with Gasteiger partial charge in [-0.3, -0.25) is 4.90 Å². The van der Waals surface area contributed by atoms with E-state index in [1.807, 2.05) is 24.3 Å². The normalized spacial score (nSPS) is 20.0. The SMILES string of the molecule is CN1CCN(CC#CCOC2CCN(c3nc4ccccc4o3)CC2)CC1. The molecule has 2 aromatic rings. The summed E-state index contributed by atoms with van der Waals surface area (Å²) in [4.78, 5) is 11.6. The summed E-state index contributed by atoms with van der Waals surface area (Å²) in [5, 5.41) is 0. The minimum atomic E-state index is 0.281. The third kappa shape index (κ3) is 4.81. The average molecular weight is 368 g/mol. The van der Waals surface area contributed by atoms with Crippen LogP contribution in [0.4, 0.5) is 6.01 Å². The van der Waals surface area contributed by atoms with Crippen molar-refractivity contribution in [2.45, 2.75) is 18.9 Å². The first-order chi connectivity index (χ1) is 13.3. The van der Waals surface area contributed by atoms with Crippen molar-refractivity contribution < 1.29 is 9.15 Å². The molecule has 6 heteroatoms.